The van der Waals surface area contributed by atoms with Gasteiger partial charge in [-0.2, -0.15) is 5.10 Å². The number of hydrogen-bond donors (Lipinski definition) is 1. The number of aryl methyl sites for hydroxylation is 2. The van der Waals surface area contributed by atoms with Crippen molar-refractivity contribution in [2.75, 3.05) is 10.6 Å². The number of rotatable bonds is 8. The normalized spacial score (nSPS) is 11.6. The molecule has 196 valence electrons. The van der Waals surface area contributed by atoms with Crippen molar-refractivity contribution in [1.82, 2.24) is 9.99 Å². The number of amides is 1. The predicted octanol–water partition coefficient (Wildman–Crippen LogP) is 5.79. The fourth-order valence-corrected chi connectivity index (χ4v) is 5.18. The minimum atomic E-state index is -3.56. The Bertz CT molecular complexity index is 1570. The SMILES string of the molecule is Cc1ccc(-n2c(C)cc(/C=N/NC(=O)c3ccc(N(Cc4ccc(Cl)cc4)S(C)(=O)=O)cc3)c2C)cc1. The zero-order valence-electron chi connectivity index (χ0n) is 21.6. The molecule has 0 aliphatic heterocycles. The molecule has 0 saturated carbocycles. The second kappa shape index (κ2) is 11.2. The summed E-state index contributed by atoms with van der Waals surface area (Å²) in [5.74, 6) is -0.399. The van der Waals surface area contributed by atoms with Crippen LogP contribution in [-0.2, 0) is 16.6 Å². The summed E-state index contributed by atoms with van der Waals surface area (Å²) in [4.78, 5) is 12.7. The third-order valence-electron chi connectivity index (χ3n) is 6.19. The lowest BCUT2D eigenvalue weighted by Gasteiger charge is -2.22. The van der Waals surface area contributed by atoms with E-state index < -0.39 is 15.9 Å². The molecule has 1 heterocycles. The highest BCUT2D eigenvalue weighted by atomic mass is 35.5. The minimum Gasteiger partial charge on any atom is -0.318 e. The molecule has 0 bridgehead atoms. The molecular weight excluding hydrogens is 520 g/mol. The van der Waals surface area contributed by atoms with Crippen LogP contribution in [0, 0.1) is 20.8 Å². The summed E-state index contributed by atoms with van der Waals surface area (Å²) < 4.78 is 28.3. The van der Waals surface area contributed by atoms with E-state index in [1.165, 1.54) is 9.87 Å². The van der Waals surface area contributed by atoms with Gasteiger partial charge in [0.1, 0.15) is 0 Å². The number of carbonyl (C=O) groups is 1. The summed E-state index contributed by atoms with van der Waals surface area (Å²) in [5, 5.41) is 4.72. The van der Waals surface area contributed by atoms with E-state index >= 15 is 0 Å². The van der Waals surface area contributed by atoms with Gasteiger partial charge in [-0.1, -0.05) is 41.4 Å². The lowest BCUT2D eigenvalue weighted by Crippen LogP contribution is -2.29. The Hall–Kier alpha value is -3.88. The van der Waals surface area contributed by atoms with Crippen LogP contribution < -0.4 is 9.73 Å². The molecule has 1 amide bonds. The van der Waals surface area contributed by atoms with Crippen LogP contribution in [0.25, 0.3) is 5.69 Å². The lowest BCUT2D eigenvalue weighted by atomic mass is 10.2. The highest BCUT2D eigenvalue weighted by molar-refractivity contribution is 7.92. The molecular formula is C29H29ClN4O3S. The van der Waals surface area contributed by atoms with E-state index in [2.05, 4.69) is 46.3 Å². The van der Waals surface area contributed by atoms with Gasteiger partial charge in [0, 0.05) is 33.2 Å². The van der Waals surface area contributed by atoms with Gasteiger partial charge in [-0.25, -0.2) is 13.8 Å². The van der Waals surface area contributed by atoms with Crippen molar-refractivity contribution in [3.8, 4) is 5.69 Å². The minimum absolute atomic E-state index is 0.146. The van der Waals surface area contributed by atoms with E-state index in [1.807, 2.05) is 19.9 Å². The summed E-state index contributed by atoms with van der Waals surface area (Å²) in [7, 11) is -3.56. The lowest BCUT2D eigenvalue weighted by molar-refractivity contribution is 0.0955. The maximum absolute atomic E-state index is 12.7. The van der Waals surface area contributed by atoms with Crippen LogP contribution in [0.15, 0.2) is 84.0 Å². The zero-order valence-corrected chi connectivity index (χ0v) is 23.2. The van der Waals surface area contributed by atoms with Crippen LogP contribution in [0.5, 0.6) is 0 Å². The molecule has 9 heteroatoms. The number of aromatic nitrogens is 1. The van der Waals surface area contributed by atoms with Gasteiger partial charge in [0.15, 0.2) is 0 Å². The Morgan fingerprint density at radius 1 is 0.974 bits per heavy atom. The molecule has 0 aliphatic rings. The van der Waals surface area contributed by atoms with E-state index in [9.17, 15) is 13.2 Å². The van der Waals surface area contributed by atoms with Gasteiger partial charge in [0.05, 0.1) is 24.7 Å². The summed E-state index contributed by atoms with van der Waals surface area (Å²) >= 11 is 5.94. The van der Waals surface area contributed by atoms with E-state index in [1.54, 1.807) is 54.7 Å². The first kappa shape index (κ1) is 27.2. The molecule has 0 unspecified atom stereocenters. The second-order valence-electron chi connectivity index (χ2n) is 9.14. The number of benzene rings is 3. The zero-order chi connectivity index (χ0) is 27.4. The number of halogens is 1. The van der Waals surface area contributed by atoms with Crippen molar-refractivity contribution >= 4 is 39.4 Å². The van der Waals surface area contributed by atoms with Gasteiger partial charge in [-0.15, -0.1) is 0 Å². The topological polar surface area (TPSA) is 83.8 Å². The van der Waals surface area contributed by atoms with Crippen molar-refractivity contribution in [2.45, 2.75) is 27.3 Å². The van der Waals surface area contributed by atoms with Crippen molar-refractivity contribution in [1.29, 1.82) is 0 Å². The number of sulfonamides is 1. The average molecular weight is 549 g/mol. The highest BCUT2D eigenvalue weighted by Crippen LogP contribution is 2.23. The molecule has 1 aromatic heterocycles. The third-order valence-corrected chi connectivity index (χ3v) is 7.58. The molecule has 3 aromatic carbocycles. The number of anilines is 1. The molecule has 7 nitrogen and oxygen atoms in total. The summed E-state index contributed by atoms with van der Waals surface area (Å²) in [6.07, 6.45) is 2.77. The van der Waals surface area contributed by atoms with E-state index in [4.69, 9.17) is 11.6 Å². The summed E-state index contributed by atoms with van der Waals surface area (Å²) in [6.45, 7) is 6.23. The fraction of sp³-hybridized carbons (Fsp3) is 0.172. The van der Waals surface area contributed by atoms with Gasteiger partial charge in [-0.05, 0) is 80.9 Å². The molecule has 4 rings (SSSR count). The van der Waals surface area contributed by atoms with Gasteiger partial charge in [-0.3, -0.25) is 9.10 Å². The molecule has 0 aliphatic carbocycles. The van der Waals surface area contributed by atoms with Gasteiger partial charge < -0.3 is 4.57 Å². The number of carbonyl (C=O) groups excluding carboxylic acids is 1. The molecule has 0 radical (unpaired) electrons. The Labute approximate surface area is 228 Å². The molecule has 0 fully saturated rings. The highest BCUT2D eigenvalue weighted by Gasteiger charge is 2.18. The molecule has 4 aromatic rings. The summed E-state index contributed by atoms with van der Waals surface area (Å²) in [5.41, 5.74) is 9.37. The maximum atomic E-state index is 12.7. The smallest absolute Gasteiger partial charge is 0.271 e. The first-order valence-electron chi connectivity index (χ1n) is 11.9. The van der Waals surface area contributed by atoms with Crippen LogP contribution in [-0.4, -0.2) is 31.4 Å². The van der Waals surface area contributed by atoms with Crippen LogP contribution in [0.1, 0.15) is 38.4 Å². The van der Waals surface area contributed by atoms with Crippen LogP contribution in [0.2, 0.25) is 5.02 Å². The number of nitrogens with one attached hydrogen (secondary N) is 1. The predicted molar refractivity (Wildman–Crippen MR) is 154 cm³/mol. The van der Waals surface area contributed by atoms with Gasteiger partial charge in [0.25, 0.3) is 5.91 Å². The monoisotopic (exact) mass is 548 g/mol. The first-order valence-corrected chi connectivity index (χ1v) is 14.2. The van der Waals surface area contributed by atoms with E-state index in [0.717, 1.165) is 34.5 Å². The van der Waals surface area contributed by atoms with Crippen molar-refractivity contribution < 1.29 is 13.2 Å². The van der Waals surface area contributed by atoms with Crippen molar-refractivity contribution in [3.63, 3.8) is 0 Å². The molecule has 1 N–H and O–H groups in total. The van der Waals surface area contributed by atoms with Crippen LogP contribution in [0.3, 0.4) is 0 Å². The number of hydrogen-bond acceptors (Lipinski definition) is 4. The Morgan fingerprint density at radius 2 is 1.61 bits per heavy atom. The molecule has 0 saturated heterocycles. The molecule has 38 heavy (non-hydrogen) atoms. The summed E-state index contributed by atoms with van der Waals surface area (Å²) in [6, 6.07) is 23.6. The molecule has 0 spiro atoms. The second-order valence-corrected chi connectivity index (χ2v) is 11.5. The largest absolute Gasteiger partial charge is 0.318 e. The Balaban J connectivity index is 1.46. The fourth-order valence-electron chi connectivity index (χ4n) is 4.17. The molecule has 0 atom stereocenters. The van der Waals surface area contributed by atoms with Crippen LogP contribution in [0.4, 0.5) is 5.69 Å². The number of nitrogens with zero attached hydrogens (tertiary/aromatic N) is 3. The third kappa shape index (κ3) is 6.33. The van der Waals surface area contributed by atoms with Gasteiger partial charge in [0.2, 0.25) is 10.0 Å². The van der Waals surface area contributed by atoms with Crippen LogP contribution >= 0.6 is 11.6 Å². The van der Waals surface area contributed by atoms with Crippen molar-refractivity contribution in [2.24, 2.45) is 5.10 Å². The van der Waals surface area contributed by atoms with Crippen molar-refractivity contribution in [3.05, 3.63) is 118 Å². The quantitative estimate of drug-likeness (QED) is 0.223. The Morgan fingerprint density at radius 3 is 2.21 bits per heavy atom. The average Bonchev–Trinajstić information content (AvgIpc) is 3.16. The number of hydrazone groups is 1. The maximum Gasteiger partial charge on any atom is 0.271 e. The standard InChI is InChI=1S/C29H29ClN4O3S/c1-20-5-13-28(14-6-20)34-21(2)17-25(22(34)3)18-31-32-29(35)24-9-15-27(16-10-24)33(38(4,36)37)19-23-7-11-26(30)12-8-23/h5-18H,19H2,1-4H3,(H,32,35)/b31-18+. The first-order chi connectivity index (χ1) is 18.0. The van der Waals surface area contributed by atoms with E-state index in [0.29, 0.717) is 16.3 Å². The van der Waals surface area contributed by atoms with Gasteiger partial charge >= 0.3 is 0 Å². The Kier molecular flexibility index (Phi) is 8.04. The van der Waals surface area contributed by atoms with E-state index in [-0.39, 0.29) is 6.54 Å².